The second kappa shape index (κ2) is 6.33. The fourth-order valence-corrected chi connectivity index (χ4v) is 1.92. The highest BCUT2D eigenvalue weighted by atomic mass is 35.5. The van der Waals surface area contributed by atoms with Crippen molar-refractivity contribution >= 4 is 17.5 Å². The number of halogens is 1. The van der Waals surface area contributed by atoms with Gasteiger partial charge >= 0.3 is 0 Å². The quantitative estimate of drug-likeness (QED) is 0.564. The third-order valence-electron chi connectivity index (χ3n) is 2.75. The van der Waals surface area contributed by atoms with Gasteiger partial charge in [-0.1, -0.05) is 0 Å². The van der Waals surface area contributed by atoms with Gasteiger partial charge in [0, 0.05) is 25.5 Å². The second-order valence-corrected chi connectivity index (χ2v) is 4.70. The molecule has 0 spiro atoms. The second-order valence-electron chi connectivity index (χ2n) is 4.32. The van der Waals surface area contributed by atoms with Gasteiger partial charge in [0.1, 0.15) is 0 Å². The molecule has 1 amide bonds. The molecule has 0 aromatic carbocycles. The summed E-state index contributed by atoms with van der Waals surface area (Å²) < 4.78 is 5.58. The predicted molar refractivity (Wildman–Crippen MR) is 61.2 cm³/mol. The van der Waals surface area contributed by atoms with Gasteiger partial charge in [-0.2, -0.15) is 0 Å². The van der Waals surface area contributed by atoms with Crippen LogP contribution in [-0.2, 0) is 9.53 Å². The lowest BCUT2D eigenvalue weighted by Crippen LogP contribution is -2.40. The third-order valence-corrected chi connectivity index (χ3v) is 3.01. The summed E-state index contributed by atoms with van der Waals surface area (Å²) in [6, 6.07) is 0. The highest BCUT2D eigenvalue weighted by molar-refractivity contribution is 6.17. The molecule has 15 heavy (non-hydrogen) atoms. The molecule has 1 N–H and O–H groups in total. The minimum absolute atomic E-state index is 0.108. The Morgan fingerprint density at radius 2 is 2.33 bits per heavy atom. The molecule has 4 heteroatoms. The molecule has 0 aromatic heterocycles. The van der Waals surface area contributed by atoms with Gasteiger partial charge in [-0.15, -0.1) is 11.6 Å². The number of ether oxygens (including phenoxy) is 1. The first kappa shape index (κ1) is 12.8. The molecule has 1 aliphatic rings. The van der Waals surface area contributed by atoms with E-state index in [2.05, 4.69) is 12.2 Å². The lowest BCUT2D eigenvalue weighted by atomic mass is 10.0. The van der Waals surface area contributed by atoms with E-state index in [1.54, 1.807) is 0 Å². The number of amides is 1. The van der Waals surface area contributed by atoms with Crippen LogP contribution >= 0.6 is 11.6 Å². The minimum atomic E-state index is -0.137. The standard InChI is InChI=1S/C11H20ClNO2/c1-11(6-4-8-15-11)9-13-10(14)5-2-3-7-12/h2-9H2,1H3,(H,13,14). The lowest BCUT2D eigenvalue weighted by Gasteiger charge is -2.23. The summed E-state index contributed by atoms with van der Waals surface area (Å²) >= 11 is 5.54. The van der Waals surface area contributed by atoms with Crippen molar-refractivity contribution in [1.82, 2.24) is 5.32 Å². The summed E-state index contributed by atoms with van der Waals surface area (Å²) in [6.07, 6.45) is 4.48. The van der Waals surface area contributed by atoms with E-state index in [9.17, 15) is 4.79 Å². The van der Waals surface area contributed by atoms with Crippen LogP contribution in [0.5, 0.6) is 0 Å². The Kier molecular flexibility index (Phi) is 5.40. The number of unbranched alkanes of at least 4 members (excludes halogenated alkanes) is 1. The summed E-state index contributed by atoms with van der Waals surface area (Å²) in [5.41, 5.74) is -0.137. The molecule has 1 unspecified atom stereocenters. The van der Waals surface area contributed by atoms with Gasteiger partial charge < -0.3 is 10.1 Å². The van der Waals surface area contributed by atoms with E-state index in [1.807, 2.05) is 0 Å². The SMILES string of the molecule is CC1(CNC(=O)CCCCCl)CCCO1. The molecule has 88 valence electrons. The van der Waals surface area contributed by atoms with Gasteiger partial charge in [-0.25, -0.2) is 0 Å². The number of nitrogens with one attached hydrogen (secondary N) is 1. The number of hydrogen-bond donors (Lipinski definition) is 1. The Balaban J connectivity index is 2.10. The zero-order chi connectivity index (χ0) is 11.1. The maximum atomic E-state index is 11.4. The molecular formula is C11H20ClNO2. The number of hydrogen-bond acceptors (Lipinski definition) is 2. The van der Waals surface area contributed by atoms with E-state index in [0.717, 1.165) is 32.3 Å². The summed E-state index contributed by atoms with van der Waals surface area (Å²) in [5.74, 6) is 0.741. The third kappa shape index (κ3) is 4.85. The number of carbonyl (C=O) groups is 1. The zero-order valence-electron chi connectivity index (χ0n) is 9.35. The first-order chi connectivity index (χ1) is 7.16. The van der Waals surface area contributed by atoms with Crippen molar-refractivity contribution in [3.8, 4) is 0 Å². The van der Waals surface area contributed by atoms with Crippen LogP contribution < -0.4 is 5.32 Å². The van der Waals surface area contributed by atoms with Crippen LogP contribution in [0, 0.1) is 0 Å². The molecule has 0 radical (unpaired) electrons. The molecule has 0 aliphatic carbocycles. The van der Waals surface area contributed by atoms with Crippen LogP contribution in [0.4, 0.5) is 0 Å². The molecule has 0 saturated carbocycles. The molecule has 1 atom stereocenters. The van der Waals surface area contributed by atoms with Crippen LogP contribution in [0.1, 0.15) is 39.0 Å². The van der Waals surface area contributed by atoms with Crippen molar-refractivity contribution in [2.45, 2.75) is 44.6 Å². The Bertz CT molecular complexity index is 203. The van der Waals surface area contributed by atoms with Gasteiger partial charge in [0.25, 0.3) is 0 Å². The van der Waals surface area contributed by atoms with Crippen LogP contribution in [0.2, 0.25) is 0 Å². The summed E-state index contributed by atoms with van der Waals surface area (Å²) in [6.45, 7) is 3.50. The number of carbonyl (C=O) groups excluding carboxylic acids is 1. The van der Waals surface area contributed by atoms with Gasteiger partial charge in [0.05, 0.1) is 5.60 Å². The average molecular weight is 234 g/mol. The molecule has 1 saturated heterocycles. The van der Waals surface area contributed by atoms with Gasteiger partial charge in [-0.05, 0) is 32.6 Å². The van der Waals surface area contributed by atoms with Crippen LogP contribution in [0.3, 0.4) is 0 Å². The highest BCUT2D eigenvalue weighted by Gasteiger charge is 2.29. The van der Waals surface area contributed by atoms with E-state index in [0.29, 0.717) is 18.8 Å². The number of rotatable bonds is 6. The van der Waals surface area contributed by atoms with Crippen LogP contribution in [0.15, 0.2) is 0 Å². The minimum Gasteiger partial charge on any atom is -0.373 e. The largest absolute Gasteiger partial charge is 0.373 e. The van der Waals surface area contributed by atoms with Crippen molar-refractivity contribution in [2.75, 3.05) is 19.0 Å². The van der Waals surface area contributed by atoms with Crippen molar-refractivity contribution in [3.63, 3.8) is 0 Å². The molecule has 0 aromatic rings. The first-order valence-electron chi connectivity index (χ1n) is 5.63. The maximum Gasteiger partial charge on any atom is 0.220 e. The Hall–Kier alpha value is -0.280. The molecule has 0 bridgehead atoms. The predicted octanol–water partition coefficient (Wildman–Crippen LogP) is 2.08. The monoisotopic (exact) mass is 233 g/mol. The van der Waals surface area contributed by atoms with Gasteiger partial charge in [0.15, 0.2) is 0 Å². The Morgan fingerprint density at radius 3 is 2.93 bits per heavy atom. The van der Waals surface area contributed by atoms with Crippen molar-refractivity contribution in [2.24, 2.45) is 0 Å². The smallest absolute Gasteiger partial charge is 0.220 e. The fourth-order valence-electron chi connectivity index (χ4n) is 1.73. The summed E-state index contributed by atoms with van der Waals surface area (Å²) in [7, 11) is 0. The average Bonchev–Trinajstić information content (AvgIpc) is 2.64. The fraction of sp³-hybridized carbons (Fsp3) is 0.909. The van der Waals surface area contributed by atoms with E-state index in [4.69, 9.17) is 16.3 Å². The summed E-state index contributed by atoms with van der Waals surface area (Å²) in [4.78, 5) is 11.4. The summed E-state index contributed by atoms with van der Waals surface area (Å²) in [5, 5.41) is 2.92. The molecule has 1 aliphatic heterocycles. The highest BCUT2D eigenvalue weighted by Crippen LogP contribution is 2.23. The molecular weight excluding hydrogens is 214 g/mol. The topological polar surface area (TPSA) is 38.3 Å². The lowest BCUT2D eigenvalue weighted by molar-refractivity contribution is -0.122. The molecule has 1 fully saturated rings. The van der Waals surface area contributed by atoms with E-state index >= 15 is 0 Å². The van der Waals surface area contributed by atoms with Crippen molar-refractivity contribution in [3.05, 3.63) is 0 Å². The Morgan fingerprint density at radius 1 is 1.53 bits per heavy atom. The zero-order valence-corrected chi connectivity index (χ0v) is 10.1. The van der Waals surface area contributed by atoms with E-state index < -0.39 is 0 Å². The normalized spacial score (nSPS) is 25.5. The maximum absolute atomic E-state index is 11.4. The van der Waals surface area contributed by atoms with E-state index in [-0.39, 0.29) is 11.5 Å². The van der Waals surface area contributed by atoms with Crippen LogP contribution in [-0.4, -0.2) is 30.5 Å². The van der Waals surface area contributed by atoms with Gasteiger partial charge in [-0.3, -0.25) is 4.79 Å². The first-order valence-corrected chi connectivity index (χ1v) is 6.16. The van der Waals surface area contributed by atoms with Gasteiger partial charge in [0.2, 0.25) is 5.91 Å². The van der Waals surface area contributed by atoms with Crippen LogP contribution in [0.25, 0.3) is 0 Å². The van der Waals surface area contributed by atoms with Crippen molar-refractivity contribution < 1.29 is 9.53 Å². The van der Waals surface area contributed by atoms with E-state index in [1.165, 1.54) is 0 Å². The molecule has 1 rings (SSSR count). The molecule has 3 nitrogen and oxygen atoms in total. The van der Waals surface area contributed by atoms with Crippen molar-refractivity contribution in [1.29, 1.82) is 0 Å². The number of alkyl halides is 1. The Labute approximate surface area is 96.5 Å². The molecule has 1 heterocycles.